The van der Waals surface area contributed by atoms with Crippen molar-refractivity contribution in [3.05, 3.63) is 12.2 Å². The topological polar surface area (TPSA) is 111 Å². The first kappa shape index (κ1) is 14.9. The molecule has 0 unspecified atom stereocenters. The van der Waals surface area contributed by atoms with Crippen LogP contribution in [0.1, 0.15) is 32.5 Å². The first-order valence-electron chi connectivity index (χ1n) is 6.06. The van der Waals surface area contributed by atoms with Crippen molar-refractivity contribution in [2.75, 3.05) is 7.05 Å². The zero-order chi connectivity index (χ0) is 14.5. The van der Waals surface area contributed by atoms with E-state index in [1.54, 1.807) is 20.9 Å². The Kier molecular flexibility index (Phi) is 4.85. The number of rotatable bonds is 6. The third-order valence-corrected chi connectivity index (χ3v) is 3.16. The maximum atomic E-state index is 12.0. The zero-order valence-electron chi connectivity index (χ0n) is 11.3. The number of urea groups is 1. The van der Waals surface area contributed by atoms with Gasteiger partial charge in [-0.05, 0) is 12.8 Å². The molecule has 0 saturated heterocycles. The molecule has 0 fully saturated rings. The van der Waals surface area contributed by atoms with Crippen molar-refractivity contribution in [1.29, 1.82) is 0 Å². The van der Waals surface area contributed by atoms with E-state index in [0.29, 0.717) is 18.7 Å². The molecule has 8 heteroatoms. The smallest absolute Gasteiger partial charge is 0.329 e. The number of carbonyl (C=O) groups excluding carboxylic acids is 1. The van der Waals surface area contributed by atoms with Crippen LogP contribution >= 0.6 is 0 Å². The van der Waals surface area contributed by atoms with Gasteiger partial charge in [-0.15, -0.1) is 0 Å². The number of amides is 2. The van der Waals surface area contributed by atoms with Crippen LogP contribution in [0.4, 0.5) is 4.79 Å². The minimum absolute atomic E-state index is 0.231. The molecular formula is C11H19N5O3. The Labute approximate surface area is 111 Å². The molecule has 1 heterocycles. The molecule has 0 radical (unpaired) electrons. The lowest BCUT2D eigenvalue weighted by Gasteiger charge is -2.30. The normalized spacial score (nSPS) is 11.1. The standard InChI is InChI=1S/C11H19N5O3/c1-4-11(5-2,9(17)18)14-10(19)16(3)6-8-12-7-13-15-8/h7H,4-6H2,1-3H3,(H,14,19)(H,17,18)(H,12,13,15). The minimum Gasteiger partial charge on any atom is -0.480 e. The molecular weight excluding hydrogens is 250 g/mol. The molecule has 0 aliphatic carbocycles. The Balaban J connectivity index is 2.69. The number of aromatic amines is 1. The Bertz CT molecular complexity index is 428. The van der Waals surface area contributed by atoms with E-state index in [2.05, 4.69) is 20.5 Å². The molecule has 1 aromatic rings. The molecule has 1 aromatic heterocycles. The molecule has 0 spiro atoms. The molecule has 0 aromatic carbocycles. The predicted octanol–water partition coefficient (Wildman–Crippen LogP) is 0.589. The van der Waals surface area contributed by atoms with Gasteiger partial charge in [-0.1, -0.05) is 13.8 Å². The van der Waals surface area contributed by atoms with E-state index in [1.807, 2.05) is 0 Å². The summed E-state index contributed by atoms with van der Waals surface area (Å²) in [5.41, 5.74) is -1.23. The molecule has 1 rings (SSSR count). The molecule has 0 saturated carbocycles. The highest BCUT2D eigenvalue weighted by Gasteiger charge is 2.37. The summed E-state index contributed by atoms with van der Waals surface area (Å²) in [6.07, 6.45) is 1.99. The van der Waals surface area contributed by atoms with Crippen molar-refractivity contribution >= 4 is 12.0 Å². The number of carboxylic acid groups (broad SMARTS) is 1. The summed E-state index contributed by atoms with van der Waals surface area (Å²) in [5.74, 6) is -0.495. The molecule has 19 heavy (non-hydrogen) atoms. The SMILES string of the molecule is CCC(CC)(NC(=O)N(C)Cc1ncn[nH]1)C(=O)O. The van der Waals surface area contributed by atoms with Crippen LogP contribution in [-0.2, 0) is 11.3 Å². The zero-order valence-corrected chi connectivity index (χ0v) is 11.3. The van der Waals surface area contributed by atoms with E-state index >= 15 is 0 Å². The summed E-state index contributed by atoms with van der Waals surface area (Å²) in [6, 6.07) is -0.456. The summed E-state index contributed by atoms with van der Waals surface area (Å²) in [5, 5.41) is 18.1. The van der Waals surface area contributed by atoms with Crippen LogP contribution in [0.15, 0.2) is 6.33 Å². The van der Waals surface area contributed by atoms with Crippen LogP contribution in [0.5, 0.6) is 0 Å². The molecule has 3 N–H and O–H groups in total. The third-order valence-electron chi connectivity index (χ3n) is 3.16. The van der Waals surface area contributed by atoms with Gasteiger partial charge in [-0.2, -0.15) is 5.10 Å². The fraction of sp³-hybridized carbons (Fsp3) is 0.636. The molecule has 0 bridgehead atoms. The number of nitrogens with zero attached hydrogens (tertiary/aromatic N) is 3. The van der Waals surface area contributed by atoms with Gasteiger partial charge in [0.25, 0.3) is 0 Å². The predicted molar refractivity (Wildman–Crippen MR) is 67.3 cm³/mol. The summed E-state index contributed by atoms with van der Waals surface area (Å²) >= 11 is 0. The van der Waals surface area contributed by atoms with Gasteiger partial charge >= 0.3 is 12.0 Å². The number of hydrogen-bond donors (Lipinski definition) is 3. The number of H-pyrrole nitrogens is 1. The summed E-state index contributed by atoms with van der Waals surface area (Å²) < 4.78 is 0. The minimum atomic E-state index is -1.23. The van der Waals surface area contributed by atoms with Crippen LogP contribution in [0.3, 0.4) is 0 Å². The Morgan fingerprint density at radius 3 is 2.53 bits per heavy atom. The van der Waals surface area contributed by atoms with E-state index in [0.717, 1.165) is 0 Å². The van der Waals surface area contributed by atoms with E-state index in [1.165, 1.54) is 11.2 Å². The van der Waals surface area contributed by atoms with Gasteiger partial charge in [0, 0.05) is 7.05 Å². The van der Waals surface area contributed by atoms with Crippen LogP contribution in [0.25, 0.3) is 0 Å². The van der Waals surface area contributed by atoms with Gasteiger partial charge in [0.1, 0.15) is 17.7 Å². The second-order valence-corrected chi connectivity index (χ2v) is 4.31. The first-order chi connectivity index (χ1) is 8.95. The van der Waals surface area contributed by atoms with Gasteiger partial charge in [0.2, 0.25) is 0 Å². The quantitative estimate of drug-likeness (QED) is 0.699. The van der Waals surface area contributed by atoms with E-state index in [9.17, 15) is 14.7 Å². The van der Waals surface area contributed by atoms with Crippen molar-refractivity contribution in [3.63, 3.8) is 0 Å². The highest BCUT2D eigenvalue weighted by molar-refractivity contribution is 5.86. The van der Waals surface area contributed by atoms with Gasteiger partial charge in [-0.3, -0.25) is 5.10 Å². The maximum absolute atomic E-state index is 12.0. The fourth-order valence-electron chi connectivity index (χ4n) is 1.69. The van der Waals surface area contributed by atoms with Gasteiger partial charge in [0.05, 0.1) is 6.54 Å². The van der Waals surface area contributed by atoms with E-state index in [-0.39, 0.29) is 6.54 Å². The Morgan fingerprint density at radius 1 is 1.47 bits per heavy atom. The maximum Gasteiger partial charge on any atom is 0.329 e. The van der Waals surface area contributed by atoms with E-state index < -0.39 is 17.5 Å². The second-order valence-electron chi connectivity index (χ2n) is 4.31. The average molecular weight is 269 g/mol. The first-order valence-corrected chi connectivity index (χ1v) is 6.06. The van der Waals surface area contributed by atoms with Crippen LogP contribution < -0.4 is 5.32 Å². The lowest BCUT2D eigenvalue weighted by Crippen LogP contribution is -2.56. The summed E-state index contributed by atoms with van der Waals surface area (Å²) in [4.78, 5) is 28.5. The van der Waals surface area contributed by atoms with Crippen molar-refractivity contribution in [2.24, 2.45) is 0 Å². The fourth-order valence-corrected chi connectivity index (χ4v) is 1.69. The largest absolute Gasteiger partial charge is 0.480 e. The number of hydrogen-bond acceptors (Lipinski definition) is 4. The molecule has 8 nitrogen and oxygen atoms in total. The van der Waals surface area contributed by atoms with Gasteiger partial charge < -0.3 is 15.3 Å². The Morgan fingerprint density at radius 2 is 2.11 bits per heavy atom. The summed E-state index contributed by atoms with van der Waals surface area (Å²) in [6.45, 7) is 3.69. The monoisotopic (exact) mass is 269 g/mol. The number of aliphatic carboxylic acids is 1. The van der Waals surface area contributed by atoms with Crippen molar-refractivity contribution in [3.8, 4) is 0 Å². The summed E-state index contributed by atoms with van der Waals surface area (Å²) in [7, 11) is 1.57. The lowest BCUT2D eigenvalue weighted by atomic mass is 9.93. The number of aromatic nitrogens is 3. The highest BCUT2D eigenvalue weighted by Crippen LogP contribution is 2.16. The third kappa shape index (κ3) is 3.43. The highest BCUT2D eigenvalue weighted by atomic mass is 16.4. The Hall–Kier alpha value is -2.12. The van der Waals surface area contributed by atoms with Crippen LogP contribution in [0.2, 0.25) is 0 Å². The average Bonchev–Trinajstić information content (AvgIpc) is 2.88. The van der Waals surface area contributed by atoms with Crippen LogP contribution in [-0.4, -0.2) is 49.8 Å². The number of carbonyl (C=O) groups is 2. The number of nitrogens with one attached hydrogen (secondary N) is 2. The van der Waals surface area contributed by atoms with Crippen molar-refractivity contribution in [1.82, 2.24) is 25.4 Å². The molecule has 0 aliphatic heterocycles. The molecule has 0 aliphatic rings. The lowest BCUT2D eigenvalue weighted by molar-refractivity contribution is -0.144. The molecule has 2 amide bonds. The van der Waals surface area contributed by atoms with E-state index in [4.69, 9.17) is 0 Å². The second kappa shape index (κ2) is 6.17. The number of carboxylic acids is 1. The van der Waals surface area contributed by atoms with Crippen molar-refractivity contribution < 1.29 is 14.7 Å². The molecule has 0 atom stereocenters. The molecule has 106 valence electrons. The van der Waals surface area contributed by atoms with Crippen LogP contribution in [0, 0.1) is 0 Å². The van der Waals surface area contributed by atoms with Gasteiger partial charge in [0.15, 0.2) is 0 Å². The van der Waals surface area contributed by atoms with Gasteiger partial charge in [-0.25, -0.2) is 14.6 Å². The van der Waals surface area contributed by atoms with Crippen molar-refractivity contribution in [2.45, 2.75) is 38.8 Å².